The Morgan fingerprint density at radius 2 is 2.05 bits per heavy atom. The van der Waals surface area contributed by atoms with Gasteiger partial charge >= 0.3 is 0 Å². The number of hydrogen-bond acceptors (Lipinski definition) is 3. The zero-order chi connectivity index (χ0) is 14.7. The van der Waals surface area contributed by atoms with Crippen LogP contribution in [0.25, 0.3) is 11.4 Å². The minimum absolute atomic E-state index is 0.0414. The van der Waals surface area contributed by atoms with Crippen molar-refractivity contribution in [1.29, 1.82) is 0 Å². The maximum Gasteiger partial charge on any atom is 0.263 e. The Morgan fingerprint density at radius 3 is 2.70 bits per heavy atom. The Kier molecular flexibility index (Phi) is 4.85. The molecule has 0 fully saturated rings. The predicted molar refractivity (Wildman–Crippen MR) is 83.5 cm³/mol. The van der Waals surface area contributed by atoms with Crippen molar-refractivity contribution < 1.29 is 8.78 Å². The maximum atomic E-state index is 12.7. The van der Waals surface area contributed by atoms with Crippen LogP contribution in [0.2, 0.25) is 0 Å². The van der Waals surface area contributed by atoms with Crippen LogP contribution in [0.1, 0.15) is 31.0 Å². The van der Waals surface area contributed by atoms with E-state index in [2.05, 4.69) is 32.6 Å². The molecule has 0 aliphatic carbocycles. The number of halogens is 3. The summed E-state index contributed by atoms with van der Waals surface area (Å²) in [6, 6.07) is 6.08. The van der Waals surface area contributed by atoms with Gasteiger partial charge < -0.3 is 5.73 Å². The second kappa shape index (κ2) is 6.43. The number of nitrogen functional groups attached to an aromatic ring is 1. The van der Waals surface area contributed by atoms with E-state index in [0.717, 1.165) is 22.1 Å². The molecule has 0 saturated heterocycles. The monoisotopic (exact) mass is 389 g/mol. The Morgan fingerprint density at radius 1 is 1.30 bits per heavy atom. The summed E-state index contributed by atoms with van der Waals surface area (Å²) >= 11 is 2.11. The van der Waals surface area contributed by atoms with Crippen LogP contribution in [0, 0.1) is 3.57 Å². The molecule has 0 aliphatic rings. The van der Waals surface area contributed by atoms with Crippen molar-refractivity contribution in [3.05, 3.63) is 39.1 Å². The van der Waals surface area contributed by atoms with Gasteiger partial charge in [-0.15, -0.1) is 0 Å². The number of aryl methyl sites for hydroxylation is 1. The van der Waals surface area contributed by atoms with Gasteiger partial charge in [-0.2, -0.15) is 0 Å². The summed E-state index contributed by atoms with van der Waals surface area (Å²) < 4.78 is 26.3. The van der Waals surface area contributed by atoms with E-state index in [1.807, 2.05) is 6.92 Å². The third kappa shape index (κ3) is 3.23. The minimum atomic E-state index is -2.51. The lowest BCUT2D eigenvalue weighted by Gasteiger charge is -2.09. The number of nitrogens with two attached hydrogens (primary N) is 1. The van der Waals surface area contributed by atoms with Crippen molar-refractivity contribution in [2.24, 2.45) is 0 Å². The van der Waals surface area contributed by atoms with E-state index < -0.39 is 6.43 Å². The lowest BCUT2D eigenvalue weighted by atomic mass is 10.1. The van der Waals surface area contributed by atoms with Crippen LogP contribution in [0.5, 0.6) is 0 Å². The molecule has 0 atom stereocenters. The summed E-state index contributed by atoms with van der Waals surface area (Å²) in [4.78, 5) is 8.65. The van der Waals surface area contributed by atoms with Crippen LogP contribution in [0.15, 0.2) is 24.3 Å². The molecule has 3 nitrogen and oxygen atoms in total. The molecule has 20 heavy (non-hydrogen) atoms. The summed E-state index contributed by atoms with van der Waals surface area (Å²) in [5, 5.41) is 0. The van der Waals surface area contributed by atoms with Gasteiger partial charge in [-0.3, -0.25) is 0 Å². The van der Waals surface area contributed by atoms with Crippen molar-refractivity contribution >= 4 is 28.4 Å². The van der Waals surface area contributed by atoms with E-state index in [1.165, 1.54) is 12.1 Å². The molecule has 2 aromatic rings. The third-order valence-corrected chi connectivity index (χ3v) is 4.00. The van der Waals surface area contributed by atoms with E-state index >= 15 is 0 Å². The van der Waals surface area contributed by atoms with Crippen molar-refractivity contribution in [2.45, 2.75) is 26.2 Å². The minimum Gasteiger partial charge on any atom is -0.383 e. The molecular formula is C14H14F2IN3. The summed E-state index contributed by atoms with van der Waals surface area (Å²) in [6.07, 6.45) is -0.790. The molecule has 0 radical (unpaired) electrons. The van der Waals surface area contributed by atoms with Gasteiger partial charge in [0.15, 0.2) is 5.82 Å². The molecule has 1 aromatic carbocycles. The molecule has 2 N–H and O–H groups in total. The third-order valence-electron chi connectivity index (χ3n) is 2.83. The van der Waals surface area contributed by atoms with Crippen LogP contribution in [-0.2, 0) is 6.42 Å². The number of benzene rings is 1. The van der Waals surface area contributed by atoms with E-state index in [4.69, 9.17) is 5.73 Å². The Hall–Kier alpha value is -1.31. The largest absolute Gasteiger partial charge is 0.383 e. The van der Waals surface area contributed by atoms with Crippen LogP contribution in [0.3, 0.4) is 0 Å². The van der Waals surface area contributed by atoms with Crippen molar-refractivity contribution in [1.82, 2.24) is 9.97 Å². The van der Waals surface area contributed by atoms with Crippen LogP contribution >= 0.6 is 22.6 Å². The highest BCUT2D eigenvalue weighted by Gasteiger charge is 2.13. The zero-order valence-corrected chi connectivity index (χ0v) is 13.1. The molecule has 0 unspecified atom stereocenters. The molecule has 1 aromatic heterocycles. The Labute approximate surface area is 129 Å². The normalized spacial score (nSPS) is 11.1. The molecule has 2 rings (SSSR count). The zero-order valence-electron chi connectivity index (χ0n) is 10.9. The molecule has 6 heteroatoms. The first-order chi connectivity index (χ1) is 9.52. The van der Waals surface area contributed by atoms with Crippen LogP contribution < -0.4 is 5.73 Å². The fourth-order valence-corrected chi connectivity index (χ4v) is 2.37. The number of rotatable bonds is 4. The first-order valence-electron chi connectivity index (χ1n) is 6.23. The van der Waals surface area contributed by atoms with Crippen molar-refractivity contribution in [3.63, 3.8) is 0 Å². The van der Waals surface area contributed by atoms with Gasteiger partial charge in [-0.05, 0) is 35.1 Å². The fourth-order valence-electron chi connectivity index (χ4n) is 1.86. The molecule has 1 heterocycles. The smallest absolute Gasteiger partial charge is 0.263 e. The lowest BCUT2D eigenvalue weighted by Crippen LogP contribution is -2.05. The second-order valence-electron chi connectivity index (χ2n) is 4.37. The van der Waals surface area contributed by atoms with Gasteiger partial charge in [0.1, 0.15) is 5.82 Å². The summed E-state index contributed by atoms with van der Waals surface area (Å²) in [5.41, 5.74) is 7.26. The Bertz CT molecular complexity index is 617. The Balaban J connectivity index is 2.49. The van der Waals surface area contributed by atoms with Gasteiger partial charge in [-0.25, -0.2) is 18.7 Å². The van der Waals surface area contributed by atoms with Crippen molar-refractivity contribution in [3.8, 4) is 11.4 Å². The van der Waals surface area contributed by atoms with Gasteiger partial charge in [0.25, 0.3) is 6.43 Å². The predicted octanol–water partition coefficient (Wildman–Crippen LogP) is 4.22. The van der Waals surface area contributed by atoms with Crippen molar-refractivity contribution in [2.75, 3.05) is 5.73 Å². The number of anilines is 1. The van der Waals surface area contributed by atoms with E-state index in [-0.39, 0.29) is 5.56 Å². The fraction of sp³-hybridized carbons (Fsp3) is 0.286. The van der Waals surface area contributed by atoms with E-state index in [9.17, 15) is 8.78 Å². The first kappa shape index (κ1) is 15.1. The summed E-state index contributed by atoms with van der Waals surface area (Å²) in [7, 11) is 0. The highest BCUT2D eigenvalue weighted by Crippen LogP contribution is 2.26. The number of alkyl halides is 2. The molecular weight excluding hydrogens is 375 g/mol. The van der Waals surface area contributed by atoms with E-state index in [0.29, 0.717) is 17.2 Å². The first-order valence-corrected chi connectivity index (χ1v) is 7.31. The topological polar surface area (TPSA) is 51.8 Å². The molecule has 0 amide bonds. The standard InChI is InChI=1S/C14H14F2IN3/c1-2-4-10-11(17)13(18)20-14(19-10)9-6-3-5-8(7-9)12(15)16/h3,5-7,12H,2,4H2,1H3,(H2,18,19,20). The lowest BCUT2D eigenvalue weighted by molar-refractivity contribution is 0.151. The molecule has 0 aliphatic heterocycles. The van der Waals surface area contributed by atoms with Gasteiger partial charge in [0, 0.05) is 11.1 Å². The SMILES string of the molecule is CCCc1nc(-c2cccc(C(F)F)c2)nc(N)c1I. The average molecular weight is 389 g/mol. The van der Waals surface area contributed by atoms with Crippen LogP contribution in [0.4, 0.5) is 14.6 Å². The second-order valence-corrected chi connectivity index (χ2v) is 5.45. The number of nitrogens with zero attached hydrogens (tertiary/aromatic N) is 2. The molecule has 0 bridgehead atoms. The van der Waals surface area contributed by atoms with E-state index in [1.54, 1.807) is 12.1 Å². The summed E-state index contributed by atoms with van der Waals surface area (Å²) in [5.74, 6) is 0.787. The quantitative estimate of drug-likeness (QED) is 0.797. The maximum absolute atomic E-state index is 12.7. The highest BCUT2D eigenvalue weighted by molar-refractivity contribution is 14.1. The molecule has 106 valence electrons. The van der Waals surface area contributed by atoms with Gasteiger partial charge in [-0.1, -0.05) is 31.5 Å². The van der Waals surface area contributed by atoms with Gasteiger partial charge in [0.2, 0.25) is 0 Å². The van der Waals surface area contributed by atoms with Gasteiger partial charge in [0.05, 0.1) is 9.26 Å². The molecule has 0 spiro atoms. The molecule has 0 saturated carbocycles. The van der Waals surface area contributed by atoms with Crippen LogP contribution in [-0.4, -0.2) is 9.97 Å². The highest BCUT2D eigenvalue weighted by atomic mass is 127. The number of hydrogen-bond donors (Lipinski definition) is 1. The summed E-state index contributed by atoms with van der Waals surface area (Å²) in [6.45, 7) is 2.05. The number of aromatic nitrogens is 2. The average Bonchev–Trinajstić information content (AvgIpc) is 2.44.